The molecule has 1 aliphatic heterocycles. The van der Waals surface area contributed by atoms with Gasteiger partial charge in [-0.3, -0.25) is 4.79 Å². The van der Waals surface area contributed by atoms with E-state index in [1.165, 1.54) is 17.8 Å². The van der Waals surface area contributed by atoms with E-state index in [1.807, 2.05) is 23.6 Å². The zero-order valence-corrected chi connectivity index (χ0v) is 18.6. The lowest BCUT2D eigenvalue weighted by molar-refractivity contribution is -0.105. The second-order valence-corrected chi connectivity index (χ2v) is 8.64. The summed E-state index contributed by atoms with van der Waals surface area (Å²) in [6.07, 6.45) is 5.19. The van der Waals surface area contributed by atoms with Crippen LogP contribution in [0.4, 0.5) is 5.69 Å². The summed E-state index contributed by atoms with van der Waals surface area (Å²) in [5, 5.41) is 4.85. The molecule has 8 heteroatoms. The number of carbonyl (C=O) groups is 1. The maximum Gasteiger partial charge on any atom is 0.255 e. The van der Waals surface area contributed by atoms with Crippen LogP contribution in [0.1, 0.15) is 48.2 Å². The molecule has 166 valence electrons. The number of anilines is 1. The molecule has 7 nitrogen and oxygen atoms in total. The van der Waals surface area contributed by atoms with Crippen LogP contribution >= 0.6 is 11.3 Å². The summed E-state index contributed by atoms with van der Waals surface area (Å²) in [6, 6.07) is 10.6. The zero-order valence-electron chi connectivity index (χ0n) is 17.8. The number of hydrogen-bond acceptors (Lipinski definition) is 7. The number of amides is 1. The van der Waals surface area contributed by atoms with Crippen molar-refractivity contribution in [3.63, 3.8) is 0 Å². The molecular weight excluding hydrogens is 428 g/mol. The predicted octanol–water partition coefficient (Wildman–Crippen LogP) is 5.41. The van der Waals surface area contributed by atoms with Crippen molar-refractivity contribution in [3.05, 3.63) is 58.5 Å². The van der Waals surface area contributed by atoms with Gasteiger partial charge in [0.25, 0.3) is 11.7 Å². The lowest BCUT2D eigenvalue weighted by Crippen LogP contribution is -2.40. The Bertz CT molecular complexity index is 1110. The normalized spacial score (nSPS) is 16.0. The maximum atomic E-state index is 12.8. The fourth-order valence-corrected chi connectivity index (χ4v) is 4.60. The summed E-state index contributed by atoms with van der Waals surface area (Å²) >= 11 is 1.51. The number of nitrogens with zero attached hydrogens (tertiary/aromatic N) is 1. The summed E-state index contributed by atoms with van der Waals surface area (Å²) in [7, 11) is 1.55. The van der Waals surface area contributed by atoms with E-state index in [4.69, 9.17) is 18.9 Å². The average Bonchev–Trinajstić information content (AvgIpc) is 3.45. The molecule has 0 atom stereocenters. The first kappa shape index (κ1) is 20.6. The number of ether oxygens (including phenoxy) is 4. The second kappa shape index (κ2) is 8.70. The monoisotopic (exact) mass is 452 g/mol. The summed E-state index contributed by atoms with van der Waals surface area (Å²) < 4.78 is 23.5. The Morgan fingerprint density at radius 2 is 1.94 bits per heavy atom. The quantitative estimate of drug-likeness (QED) is 0.538. The van der Waals surface area contributed by atoms with E-state index >= 15 is 0 Å². The molecule has 0 unspecified atom stereocenters. The van der Waals surface area contributed by atoms with Crippen molar-refractivity contribution >= 4 is 22.9 Å². The van der Waals surface area contributed by atoms with Crippen LogP contribution < -0.4 is 24.3 Å². The van der Waals surface area contributed by atoms with Gasteiger partial charge in [0.05, 0.1) is 18.3 Å². The minimum absolute atomic E-state index is 0.249. The van der Waals surface area contributed by atoms with Crippen molar-refractivity contribution in [2.24, 2.45) is 0 Å². The van der Waals surface area contributed by atoms with E-state index < -0.39 is 5.79 Å². The van der Waals surface area contributed by atoms with Crippen molar-refractivity contribution < 1.29 is 23.7 Å². The summed E-state index contributed by atoms with van der Waals surface area (Å²) in [4.78, 5) is 17.0. The number of benzene rings is 2. The molecule has 0 radical (unpaired) electrons. The topological polar surface area (TPSA) is 78.9 Å². The molecule has 5 rings (SSSR count). The van der Waals surface area contributed by atoms with Gasteiger partial charge in [-0.2, -0.15) is 0 Å². The van der Waals surface area contributed by atoms with E-state index in [2.05, 4.69) is 10.3 Å². The molecule has 32 heavy (non-hydrogen) atoms. The Kier molecular flexibility index (Phi) is 5.61. The molecule has 1 spiro atoms. The first-order chi connectivity index (χ1) is 15.6. The molecule has 1 N–H and O–H groups in total. The Morgan fingerprint density at radius 1 is 1.09 bits per heavy atom. The second-order valence-electron chi connectivity index (χ2n) is 7.93. The fraction of sp³-hybridized carbons (Fsp3) is 0.333. The number of rotatable bonds is 6. The lowest BCUT2D eigenvalue weighted by atomic mass is 9.94. The Morgan fingerprint density at radius 3 is 2.72 bits per heavy atom. The van der Waals surface area contributed by atoms with Gasteiger partial charge in [-0.25, -0.2) is 4.98 Å². The zero-order chi connectivity index (χ0) is 22.0. The SMILES string of the molecule is COc1cc(C(=O)Nc2ccc3c(c2)OC2(CCCCC2)O3)ccc1OCc1cscn1. The summed E-state index contributed by atoms with van der Waals surface area (Å²) in [5.74, 6) is 1.66. The molecule has 1 amide bonds. The molecule has 1 aromatic heterocycles. The smallest absolute Gasteiger partial charge is 0.255 e. The highest BCUT2D eigenvalue weighted by molar-refractivity contribution is 7.07. The third-order valence-corrected chi connectivity index (χ3v) is 6.33. The molecule has 0 bridgehead atoms. The van der Waals surface area contributed by atoms with Crippen molar-refractivity contribution in [3.8, 4) is 23.0 Å². The van der Waals surface area contributed by atoms with Crippen LogP contribution in [0.5, 0.6) is 23.0 Å². The average molecular weight is 453 g/mol. The lowest BCUT2D eigenvalue weighted by Gasteiger charge is -2.31. The molecule has 3 aromatic rings. The molecule has 0 saturated heterocycles. The van der Waals surface area contributed by atoms with Gasteiger partial charge in [0.2, 0.25) is 0 Å². The first-order valence-electron chi connectivity index (χ1n) is 10.7. The Labute approximate surface area is 190 Å². The van der Waals surface area contributed by atoms with E-state index in [0.29, 0.717) is 35.1 Å². The largest absolute Gasteiger partial charge is 0.493 e. The van der Waals surface area contributed by atoms with Gasteiger partial charge in [-0.1, -0.05) is 6.42 Å². The van der Waals surface area contributed by atoms with Crippen LogP contribution in [0.15, 0.2) is 47.3 Å². The molecule has 1 fully saturated rings. The third kappa shape index (κ3) is 4.23. The number of methoxy groups -OCH3 is 1. The van der Waals surface area contributed by atoms with Crippen molar-refractivity contribution in [1.29, 1.82) is 0 Å². The summed E-state index contributed by atoms with van der Waals surface area (Å²) in [6.45, 7) is 0.337. The first-order valence-corrected chi connectivity index (χ1v) is 11.6. The van der Waals surface area contributed by atoms with Gasteiger partial charge in [-0.05, 0) is 43.2 Å². The minimum Gasteiger partial charge on any atom is -0.493 e. The predicted molar refractivity (Wildman–Crippen MR) is 121 cm³/mol. The fourth-order valence-electron chi connectivity index (χ4n) is 4.06. The van der Waals surface area contributed by atoms with Crippen molar-refractivity contribution in [2.45, 2.75) is 44.5 Å². The Hall–Kier alpha value is -3.26. The number of thiazole rings is 1. The van der Waals surface area contributed by atoms with Crippen LogP contribution in [0.25, 0.3) is 0 Å². The van der Waals surface area contributed by atoms with Gasteiger partial charge in [-0.15, -0.1) is 11.3 Å². The molecule has 1 saturated carbocycles. The molecule has 2 aromatic carbocycles. The van der Waals surface area contributed by atoms with Gasteiger partial charge >= 0.3 is 0 Å². The summed E-state index contributed by atoms with van der Waals surface area (Å²) in [5.41, 5.74) is 3.71. The van der Waals surface area contributed by atoms with Crippen LogP contribution in [-0.2, 0) is 6.61 Å². The minimum atomic E-state index is -0.537. The highest BCUT2D eigenvalue weighted by atomic mass is 32.1. The standard InChI is InChI=1S/C24H24N2O5S/c1-28-21-11-16(5-7-19(21)29-13-18-14-32-15-25-18)23(27)26-17-6-8-20-22(12-17)31-24(30-20)9-3-2-4-10-24/h5-8,11-12,14-15H,2-4,9-10,13H2,1H3,(H,26,27). The van der Waals surface area contributed by atoms with Crippen LogP contribution in [0.2, 0.25) is 0 Å². The molecular formula is C24H24N2O5S. The van der Waals surface area contributed by atoms with Gasteiger partial charge < -0.3 is 24.3 Å². The highest BCUT2D eigenvalue weighted by Crippen LogP contribution is 2.46. The molecule has 2 aliphatic rings. The molecule has 1 aliphatic carbocycles. The van der Waals surface area contributed by atoms with Gasteiger partial charge in [0.1, 0.15) is 6.61 Å². The van der Waals surface area contributed by atoms with Gasteiger partial charge in [0, 0.05) is 35.5 Å². The number of nitrogens with one attached hydrogen (secondary N) is 1. The van der Waals surface area contributed by atoms with Crippen molar-refractivity contribution in [2.75, 3.05) is 12.4 Å². The van der Waals surface area contributed by atoms with E-state index in [9.17, 15) is 4.79 Å². The van der Waals surface area contributed by atoms with Crippen LogP contribution in [-0.4, -0.2) is 23.8 Å². The van der Waals surface area contributed by atoms with Crippen LogP contribution in [0, 0.1) is 0 Å². The van der Waals surface area contributed by atoms with E-state index in [-0.39, 0.29) is 5.91 Å². The van der Waals surface area contributed by atoms with Crippen LogP contribution in [0.3, 0.4) is 0 Å². The van der Waals surface area contributed by atoms with Gasteiger partial charge in [0.15, 0.2) is 23.0 Å². The van der Waals surface area contributed by atoms with E-state index in [1.54, 1.807) is 30.8 Å². The number of aromatic nitrogens is 1. The maximum absolute atomic E-state index is 12.8. The number of carbonyl (C=O) groups excluding carboxylic acids is 1. The van der Waals surface area contributed by atoms with E-state index in [0.717, 1.165) is 37.1 Å². The van der Waals surface area contributed by atoms with Crippen molar-refractivity contribution in [1.82, 2.24) is 4.98 Å². The Balaban J connectivity index is 1.27. The number of hydrogen-bond donors (Lipinski definition) is 1. The highest BCUT2D eigenvalue weighted by Gasteiger charge is 2.42. The molecule has 2 heterocycles. The third-order valence-electron chi connectivity index (χ3n) is 5.69. The number of fused-ring (bicyclic) bond motifs is 1.